The lowest BCUT2D eigenvalue weighted by atomic mass is 10.0. The molecule has 29 heavy (non-hydrogen) atoms. The van der Waals surface area contributed by atoms with Gasteiger partial charge in [-0.1, -0.05) is 30.3 Å². The number of ether oxygens (including phenoxy) is 1. The Balaban J connectivity index is 1.56. The summed E-state index contributed by atoms with van der Waals surface area (Å²) in [5, 5.41) is 18.3. The fourth-order valence-electron chi connectivity index (χ4n) is 2.78. The molecule has 0 aromatic heterocycles. The maximum atomic E-state index is 12.0. The van der Waals surface area contributed by atoms with E-state index in [1.54, 1.807) is 36.4 Å². The topological polar surface area (TPSA) is 100 Å². The average Bonchev–Trinajstić information content (AvgIpc) is 2.71. The minimum Gasteiger partial charge on any atom is -0.507 e. The molecule has 2 amide bonds. The Morgan fingerprint density at radius 1 is 1.03 bits per heavy atom. The number of hydrogen-bond acceptors (Lipinski definition) is 5. The molecule has 0 atom stereocenters. The molecule has 7 nitrogen and oxygen atoms in total. The van der Waals surface area contributed by atoms with Gasteiger partial charge in [0.25, 0.3) is 0 Å². The molecule has 0 aliphatic carbocycles. The first-order valence-electron chi connectivity index (χ1n) is 9.12. The second-order valence-electron chi connectivity index (χ2n) is 6.20. The highest BCUT2D eigenvalue weighted by atomic mass is 16.5. The molecule has 7 heteroatoms. The summed E-state index contributed by atoms with van der Waals surface area (Å²) in [6, 6.07) is 17.7. The Labute approximate surface area is 168 Å². The lowest BCUT2D eigenvalue weighted by molar-refractivity contribution is -0.126. The summed E-state index contributed by atoms with van der Waals surface area (Å²) in [5.41, 5.74) is 3.36. The molecule has 0 saturated heterocycles. The van der Waals surface area contributed by atoms with Crippen molar-refractivity contribution in [3.8, 4) is 11.5 Å². The summed E-state index contributed by atoms with van der Waals surface area (Å²) >= 11 is 0. The van der Waals surface area contributed by atoms with Gasteiger partial charge in [0.1, 0.15) is 17.9 Å². The monoisotopic (exact) mass is 391 g/mol. The number of hydrogen-bond donors (Lipinski definition) is 3. The van der Waals surface area contributed by atoms with E-state index in [9.17, 15) is 14.7 Å². The van der Waals surface area contributed by atoms with Gasteiger partial charge in [-0.2, -0.15) is 5.10 Å². The molecule has 0 spiro atoms. The van der Waals surface area contributed by atoms with Crippen LogP contribution in [-0.2, 0) is 9.59 Å². The van der Waals surface area contributed by atoms with E-state index in [1.165, 1.54) is 6.21 Å². The first-order valence-corrected chi connectivity index (χ1v) is 9.12. The zero-order chi connectivity index (χ0) is 20.6. The van der Waals surface area contributed by atoms with Gasteiger partial charge in [-0.3, -0.25) is 9.59 Å². The van der Waals surface area contributed by atoms with E-state index >= 15 is 0 Å². The number of fused-ring (bicyclic) bond motifs is 1. The fourth-order valence-corrected chi connectivity index (χ4v) is 2.78. The van der Waals surface area contributed by atoms with Crippen LogP contribution in [0.25, 0.3) is 10.8 Å². The van der Waals surface area contributed by atoms with Crippen molar-refractivity contribution in [3.05, 3.63) is 66.2 Å². The van der Waals surface area contributed by atoms with Crippen LogP contribution in [0.5, 0.6) is 11.5 Å². The van der Waals surface area contributed by atoms with Gasteiger partial charge in [0.2, 0.25) is 11.8 Å². The summed E-state index contributed by atoms with van der Waals surface area (Å²) < 4.78 is 5.34. The van der Waals surface area contributed by atoms with Crippen molar-refractivity contribution in [2.45, 2.75) is 13.3 Å². The van der Waals surface area contributed by atoms with E-state index in [2.05, 4.69) is 15.8 Å². The highest BCUT2D eigenvalue weighted by Gasteiger charge is 2.10. The third kappa shape index (κ3) is 5.32. The van der Waals surface area contributed by atoms with Crippen molar-refractivity contribution in [2.24, 2.45) is 5.10 Å². The van der Waals surface area contributed by atoms with Crippen LogP contribution in [0, 0.1) is 0 Å². The molecule has 0 radical (unpaired) electrons. The molecule has 0 aliphatic rings. The Bertz CT molecular complexity index is 1050. The number of phenols is 1. The molecule has 0 unspecified atom stereocenters. The minimum atomic E-state index is -0.565. The first kappa shape index (κ1) is 19.9. The maximum Gasteiger partial charge on any atom is 0.249 e. The minimum absolute atomic E-state index is 0.0509. The predicted molar refractivity (Wildman–Crippen MR) is 112 cm³/mol. The third-order valence-electron chi connectivity index (χ3n) is 4.10. The van der Waals surface area contributed by atoms with Crippen molar-refractivity contribution in [3.63, 3.8) is 0 Å². The number of benzene rings is 3. The van der Waals surface area contributed by atoms with Crippen molar-refractivity contribution in [1.82, 2.24) is 5.43 Å². The zero-order valence-corrected chi connectivity index (χ0v) is 15.9. The molecule has 0 heterocycles. The van der Waals surface area contributed by atoms with Crippen LogP contribution in [0.15, 0.2) is 65.8 Å². The zero-order valence-electron chi connectivity index (χ0n) is 15.9. The Kier molecular flexibility index (Phi) is 6.42. The molecular formula is C22H21N3O4. The van der Waals surface area contributed by atoms with Gasteiger partial charge in [-0.05, 0) is 48.0 Å². The van der Waals surface area contributed by atoms with Gasteiger partial charge in [-0.25, -0.2) is 5.43 Å². The first-order chi connectivity index (χ1) is 14.1. The van der Waals surface area contributed by atoms with Gasteiger partial charge in [0, 0.05) is 11.3 Å². The molecule has 3 N–H and O–H groups in total. The Hall–Kier alpha value is -3.87. The molecule has 0 bridgehead atoms. The van der Waals surface area contributed by atoms with Crippen LogP contribution < -0.4 is 15.5 Å². The Morgan fingerprint density at radius 2 is 1.79 bits per heavy atom. The van der Waals surface area contributed by atoms with E-state index in [0.717, 1.165) is 10.8 Å². The SMILES string of the molecule is CCOc1ccc(NC(=O)CC(=O)NN=Cc2c(O)ccc3ccccc23)cc1. The lowest BCUT2D eigenvalue weighted by Gasteiger charge is -2.07. The normalized spacial score (nSPS) is 10.8. The number of phenolic OH excluding ortho intramolecular Hbond substituents is 1. The number of anilines is 1. The maximum absolute atomic E-state index is 12.0. The van der Waals surface area contributed by atoms with Crippen LogP contribution in [0.1, 0.15) is 18.9 Å². The number of hydrazone groups is 1. The molecule has 0 saturated carbocycles. The molecule has 3 aromatic carbocycles. The van der Waals surface area contributed by atoms with Gasteiger partial charge < -0.3 is 15.2 Å². The van der Waals surface area contributed by atoms with Crippen molar-refractivity contribution < 1.29 is 19.4 Å². The second kappa shape index (κ2) is 9.36. The van der Waals surface area contributed by atoms with E-state index in [4.69, 9.17) is 4.74 Å². The number of rotatable bonds is 7. The van der Waals surface area contributed by atoms with Crippen molar-refractivity contribution in [2.75, 3.05) is 11.9 Å². The number of nitrogens with one attached hydrogen (secondary N) is 2. The van der Waals surface area contributed by atoms with Crippen LogP contribution in [-0.4, -0.2) is 29.7 Å². The molecule has 3 aromatic rings. The van der Waals surface area contributed by atoms with Gasteiger partial charge in [-0.15, -0.1) is 0 Å². The third-order valence-corrected chi connectivity index (χ3v) is 4.10. The van der Waals surface area contributed by atoms with Crippen LogP contribution in [0.3, 0.4) is 0 Å². The molecule has 0 aliphatic heterocycles. The standard InChI is InChI=1S/C22H21N3O4/c1-2-29-17-10-8-16(9-11-17)24-21(27)13-22(28)25-23-14-19-18-6-4-3-5-15(18)7-12-20(19)26/h3-12,14,26H,2,13H2,1H3,(H,24,27)(H,25,28). The average molecular weight is 391 g/mol. The van der Waals surface area contributed by atoms with Gasteiger partial charge >= 0.3 is 0 Å². The molecule has 0 fully saturated rings. The largest absolute Gasteiger partial charge is 0.507 e. The van der Waals surface area contributed by atoms with E-state index in [1.807, 2.05) is 31.2 Å². The fraction of sp³-hybridized carbons (Fsp3) is 0.136. The van der Waals surface area contributed by atoms with Crippen molar-refractivity contribution >= 4 is 34.5 Å². The lowest BCUT2D eigenvalue weighted by Crippen LogP contribution is -2.24. The van der Waals surface area contributed by atoms with E-state index in [-0.39, 0.29) is 12.2 Å². The van der Waals surface area contributed by atoms with Crippen molar-refractivity contribution in [1.29, 1.82) is 0 Å². The number of amides is 2. The van der Waals surface area contributed by atoms with Crippen LogP contribution >= 0.6 is 0 Å². The predicted octanol–water partition coefficient (Wildman–Crippen LogP) is 3.42. The number of carbonyl (C=O) groups is 2. The Morgan fingerprint density at radius 3 is 2.55 bits per heavy atom. The molecular weight excluding hydrogens is 370 g/mol. The van der Waals surface area contributed by atoms with E-state index in [0.29, 0.717) is 23.6 Å². The quantitative estimate of drug-likeness (QED) is 0.326. The summed E-state index contributed by atoms with van der Waals surface area (Å²) in [5.74, 6) is -0.275. The van der Waals surface area contributed by atoms with Gasteiger partial charge in [0.05, 0.1) is 12.8 Å². The number of nitrogens with zero attached hydrogens (tertiary/aromatic N) is 1. The highest BCUT2D eigenvalue weighted by Crippen LogP contribution is 2.25. The number of carbonyl (C=O) groups excluding carboxylic acids is 2. The summed E-state index contributed by atoms with van der Waals surface area (Å²) in [7, 11) is 0. The van der Waals surface area contributed by atoms with Crippen LogP contribution in [0.4, 0.5) is 5.69 Å². The summed E-state index contributed by atoms with van der Waals surface area (Å²) in [4.78, 5) is 24.0. The number of aromatic hydroxyl groups is 1. The molecule has 3 rings (SSSR count). The van der Waals surface area contributed by atoms with E-state index < -0.39 is 11.8 Å². The van der Waals surface area contributed by atoms with Crippen LogP contribution in [0.2, 0.25) is 0 Å². The van der Waals surface area contributed by atoms with Gasteiger partial charge in [0.15, 0.2) is 0 Å². The molecule has 148 valence electrons. The highest BCUT2D eigenvalue weighted by molar-refractivity contribution is 6.05. The summed E-state index contributed by atoms with van der Waals surface area (Å²) in [6.45, 7) is 2.45. The summed E-state index contributed by atoms with van der Waals surface area (Å²) in [6.07, 6.45) is 0.978. The second-order valence-corrected chi connectivity index (χ2v) is 6.20. The smallest absolute Gasteiger partial charge is 0.249 e.